The summed E-state index contributed by atoms with van der Waals surface area (Å²) in [4.78, 5) is 0. The minimum absolute atomic E-state index is 0.832. The number of ether oxygens (including phenoxy) is 1. The molecule has 0 aliphatic rings. The van der Waals surface area contributed by atoms with Crippen LogP contribution < -0.4 is 0 Å². The first-order valence-corrected chi connectivity index (χ1v) is 12.9. The lowest BCUT2D eigenvalue weighted by Crippen LogP contribution is -2.03. The van der Waals surface area contributed by atoms with Gasteiger partial charge in [-0.1, -0.05) is 129 Å². The molecule has 0 aliphatic heterocycles. The van der Waals surface area contributed by atoms with Gasteiger partial charge in [0.05, 0.1) is 0 Å². The lowest BCUT2D eigenvalue weighted by molar-refractivity contribution is 0.117. The van der Waals surface area contributed by atoms with E-state index in [9.17, 15) is 0 Å². The molecule has 1 nitrogen and oxygen atoms in total. The maximum absolute atomic E-state index is 5.77. The third-order valence-corrected chi connectivity index (χ3v) is 5.63. The maximum Gasteiger partial charge on any atom is 0.0468 e. The van der Waals surface area contributed by atoms with Crippen molar-refractivity contribution in [3.63, 3.8) is 0 Å². The van der Waals surface area contributed by atoms with Gasteiger partial charge >= 0.3 is 0 Å². The summed E-state index contributed by atoms with van der Waals surface area (Å²) in [7, 11) is 0. The molecule has 170 valence electrons. The van der Waals surface area contributed by atoms with Gasteiger partial charge in [-0.25, -0.2) is 0 Å². The van der Waals surface area contributed by atoms with Crippen molar-refractivity contribution in [2.24, 2.45) is 5.92 Å². The van der Waals surface area contributed by atoms with E-state index in [-0.39, 0.29) is 0 Å². The lowest BCUT2D eigenvalue weighted by atomic mass is 10.0. The number of aryl methyl sites for hydroxylation is 1. The van der Waals surface area contributed by atoms with E-state index in [1.54, 1.807) is 0 Å². The standard InChI is InChI=1S/C26H46O.C2H6/c1-3-18-25(2)22-24-27-23-17-12-10-8-6-4-5-7-9-11-14-19-26-20-15-13-16-21-26;1-2/h13,15-16,20-21,25H,3-12,14,17-19,22-24H2,1-2H3;1-2H3. The summed E-state index contributed by atoms with van der Waals surface area (Å²) < 4.78 is 5.77. The molecule has 1 aromatic carbocycles. The van der Waals surface area contributed by atoms with Gasteiger partial charge in [0.1, 0.15) is 0 Å². The Morgan fingerprint density at radius 2 is 1.17 bits per heavy atom. The predicted octanol–water partition coefficient (Wildman–Crippen LogP) is 9.39. The Hall–Kier alpha value is -0.820. The molecule has 1 heteroatoms. The average molecular weight is 405 g/mol. The van der Waals surface area contributed by atoms with Crippen LogP contribution >= 0.6 is 0 Å². The first-order chi connectivity index (χ1) is 14.3. The summed E-state index contributed by atoms with van der Waals surface area (Å²) in [5.74, 6) is 0.832. The van der Waals surface area contributed by atoms with Crippen LogP contribution in [0.5, 0.6) is 0 Å². The molecule has 29 heavy (non-hydrogen) atoms. The zero-order valence-corrected chi connectivity index (χ0v) is 20.4. The highest BCUT2D eigenvalue weighted by atomic mass is 16.5. The van der Waals surface area contributed by atoms with Crippen LogP contribution in [0.25, 0.3) is 0 Å². The molecular formula is C28H52O. The van der Waals surface area contributed by atoms with E-state index in [0.717, 1.165) is 19.1 Å². The molecule has 1 atom stereocenters. The van der Waals surface area contributed by atoms with Crippen molar-refractivity contribution < 1.29 is 4.74 Å². The Labute approximate surface area is 184 Å². The minimum Gasteiger partial charge on any atom is -0.381 e. The van der Waals surface area contributed by atoms with Gasteiger partial charge in [-0.2, -0.15) is 0 Å². The number of benzene rings is 1. The molecule has 0 bridgehead atoms. The smallest absolute Gasteiger partial charge is 0.0468 e. The Bertz CT molecular complexity index is 400. The van der Waals surface area contributed by atoms with E-state index in [4.69, 9.17) is 4.74 Å². The Kier molecular flexibility index (Phi) is 22.8. The van der Waals surface area contributed by atoms with Gasteiger partial charge in [0.2, 0.25) is 0 Å². The van der Waals surface area contributed by atoms with Crippen LogP contribution in [-0.2, 0) is 11.2 Å². The Morgan fingerprint density at radius 3 is 1.72 bits per heavy atom. The predicted molar refractivity (Wildman–Crippen MR) is 132 cm³/mol. The summed E-state index contributed by atoms with van der Waals surface area (Å²) in [5, 5.41) is 0. The van der Waals surface area contributed by atoms with E-state index in [1.807, 2.05) is 13.8 Å². The molecule has 0 heterocycles. The van der Waals surface area contributed by atoms with E-state index in [0.29, 0.717) is 0 Å². The van der Waals surface area contributed by atoms with Crippen molar-refractivity contribution in [2.75, 3.05) is 13.2 Å². The zero-order valence-electron chi connectivity index (χ0n) is 20.4. The maximum atomic E-state index is 5.77. The average Bonchev–Trinajstić information content (AvgIpc) is 2.76. The second-order valence-electron chi connectivity index (χ2n) is 8.42. The molecule has 0 aromatic heterocycles. The SMILES string of the molecule is CC.CCCC(C)CCOCCCCCCCCCCCCCc1ccccc1. The van der Waals surface area contributed by atoms with E-state index >= 15 is 0 Å². The van der Waals surface area contributed by atoms with Crippen molar-refractivity contribution in [3.05, 3.63) is 35.9 Å². The third kappa shape index (κ3) is 20.2. The van der Waals surface area contributed by atoms with Crippen molar-refractivity contribution >= 4 is 0 Å². The fourth-order valence-electron chi connectivity index (χ4n) is 3.79. The Balaban J connectivity index is 0.00000379. The zero-order chi connectivity index (χ0) is 21.4. The van der Waals surface area contributed by atoms with Crippen LogP contribution in [-0.4, -0.2) is 13.2 Å². The van der Waals surface area contributed by atoms with Crippen molar-refractivity contribution in [1.29, 1.82) is 0 Å². The highest BCUT2D eigenvalue weighted by Gasteiger charge is 2.00. The summed E-state index contributed by atoms with van der Waals surface area (Å²) in [6.07, 6.45) is 20.4. The number of hydrogen-bond acceptors (Lipinski definition) is 1. The fraction of sp³-hybridized carbons (Fsp3) is 0.786. The van der Waals surface area contributed by atoms with E-state index in [2.05, 4.69) is 44.2 Å². The Morgan fingerprint density at radius 1 is 0.655 bits per heavy atom. The van der Waals surface area contributed by atoms with Crippen LogP contribution in [0.2, 0.25) is 0 Å². The van der Waals surface area contributed by atoms with Crippen molar-refractivity contribution in [2.45, 2.75) is 124 Å². The van der Waals surface area contributed by atoms with Crippen LogP contribution in [0.15, 0.2) is 30.3 Å². The molecule has 0 fully saturated rings. The van der Waals surface area contributed by atoms with Gasteiger partial charge in [-0.05, 0) is 37.2 Å². The topological polar surface area (TPSA) is 9.23 Å². The third-order valence-electron chi connectivity index (χ3n) is 5.63. The van der Waals surface area contributed by atoms with Crippen LogP contribution in [0.4, 0.5) is 0 Å². The van der Waals surface area contributed by atoms with Gasteiger partial charge in [0.25, 0.3) is 0 Å². The van der Waals surface area contributed by atoms with Crippen LogP contribution in [0, 0.1) is 5.92 Å². The molecule has 0 saturated carbocycles. The minimum atomic E-state index is 0.832. The second-order valence-corrected chi connectivity index (χ2v) is 8.42. The summed E-state index contributed by atoms with van der Waals surface area (Å²) in [6.45, 7) is 10.6. The van der Waals surface area contributed by atoms with Gasteiger partial charge in [-0.15, -0.1) is 0 Å². The van der Waals surface area contributed by atoms with Crippen molar-refractivity contribution in [3.8, 4) is 0 Å². The molecule has 0 N–H and O–H groups in total. The molecule has 0 radical (unpaired) electrons. The quantitative estimate of drug-likeness (QED) is 0.209. The van der Waals surface area contributed by atoms with Gasteiger partial charge in [-0.3, -0.25) is 0 Å². The van der Waals surface area contributed by atoms with E-state index < -0.39 is 0 Å². The summed E-state index contributed by atoms with van der Waals surface area (Å²) >= 11 is 0. The normalized spacial score (nSPS) is 11.7. The molecule has 1 rings (SSSR count). The molecule has 0 saturated heterocycles. The van der Waals surface area contributed by atoms with Gasteiger partial charge in [0.15, 0.2) is 0 Å². The van der Waals surface area contributed by atoms with Gasteiger partial charge < -0.3 is 4.74 Å². The van der Waals surface area contributed by atoms with Crippen LogP contribution in [0.3, 0.4) is 0 Å². The highest BCUT2D eigenvalue weighted by Crippen LogP contribution is 2.13. The summed E-state index contributed by atoms with van der Waals surface area (Å²) in [5.41, 5.74) is 1.49. The molecule has 0 amide bonds. The monoisotopic (exact) mass is 404 g/mol. The first kappa shape index (κ1) is 28.2. The largest absolute Gasteiger partial charge is 0.381 e. The molecule has 1 unspecified atom stereocenters. The highest BCUT2D eigenvalue weighted by molar-refractivity contribution is 5.14. The number of unbranched alkanes of at least 4 members (excludes halogenated alkanes) is 10. The van der Waals surface area contributed by atoms with E-state index in [1.165, 1.54) is 102 Å². The molecule has 0 aliphatic carbocycles. The lowest BCUT2D eigenvalue weighted by Gasteiger charge is -2.10. The number of hydrogen-bond donors (Lipinski definition) is 0. The first-order valence-electron chi connectivity index (χ1n) is 12.9. The molecular weight excluding hydrogens is 352 g/mol. The van der Waals surface area contributed by atoms with Gasteiger partial charge in [0, 0.05) is 13.2 Å². The summed E-state index contributed by atoms with van der Waals surface area (Å²) in [6, 6.07) is 10.9. The molecule has 0 spiro atoms. The van der Waals surface area contributed by atoms with Crippen LogP contribution in [0.1, 0.15) is 123 Å². The molecule has 1 aromatic rings. The van der Waals surface area contributed by atoms with Crippen molar-refractivity contribution in [1.82, 2.24) is 0 Å². The second kappa shape index (κ2) is 23.5. The number of rotatable bonds is 19. The fourth-order valence-corrected chi connectivity index (χ4v) is 3.79.